The second-order valence-corrected chi connectivity index (χ2v) is 8.71. The van der Waals surface area contributed by atoms with E-state index in [-0.39, 0.29) is 0 Å². The normalized spacial score (nSPS) is 15.6. The second-order valence-electron chi connectivity index (χ2n) is 8.71. The molecule has 1 aromatic heterocycles. The number of aryl methyl sites for hydroxylation is 2. The molecular formula is C28H42N2O2. The van der Waals surface area contributed by atoms with E-state index in [1.807, 2.05) is 0 Å². The second kappa shape index (κ2) is 13.0. The fourth-order valence-electron chi connectivity index (χ4n) is 4.87. The van der Waals surface area contributed by atoms with Crippen molar-refractivity contribution in [2.45, 2.75) is 78.7 Å². The summed E-state index contributed by atoms with van der Waals surface area (Å²) in [6.45, 7) is 13.0. The Kier molecular flexibility index (Phi) is 10.0. The number of rotatable bonds is 12. The van der Waals surface area contributed by atoms with Crippen molar-refractivity contribution >= 4 is 0 Å². The lowest BCUT2D eigenvalue weighted by atomic mass is 9.93. The van der Waals surface area contributed by atoms with E-state index in [0.717, 1.165) is 57.0 Å². The lowest BCUT2D eigenvalue weighted by Gasteiger charge is -2.35. The fraction of sp³-hybridized carbons (Fsp3) is 0.607. The first kappa shape index (κ1) is 24.7. The highest BCUT2D eigenvalue weighted by Gasteiger charge is 2.26. The van der Waals surface area contributed by atoms with Crippen LogP contribution in [0.1, 0.15) is 82.5 Å². The first-order valence-corrected chi connectivity index (χ1v) is 12.8. The van der Waals surface area contributed by atoms with E-state index in [0.29, 0.717) is 12.6 Å². The Balaban J connectivity index is 1.99. The van der Waals surface area contributed by atoms with Crippen LogP contribution in [0.15, 0.2) is 30.5 Å². The summed E-state index contributed by atoms with van der Waals surface area (Å²) in [5.41, 5.74) is 6.28. The third kappa shape index (κ3) is 6.11. The van der Waals surface area contributed by atoms with Crippen molar-refractivity contribution in [3.8, 4) is 17.0 Å². The minimum atomic E-state index is 0.339. The monoisotopic (exact) mass is 438 g/mol. The van der Waals surface area contributed by atoms with Crippen LogP contribution in [0.25, 0.3) is 11.3 Å². The minimum Gasteiger partial charge on any atom is -0.493 e. The summed E-state index contributed by atoms with van der Waals surface area (Å²) >= 11 is 0. The molecule has 1 aromatic carbocycles. The van der Waals surface area contributed by atoms with Gasteiger partial charge >= 0.3 is 0 Å². The Labute approximate surface area is 195 Å². The van der Waals surface area contributed by atoms with Gasteiger partial charge in [0.05, 0.1) is 25.5 Å². The van der Waals surface area contributed by atoms with Crippen LogP contribution in [0, 0.1) is 0 Å². The van der Waals surface area contributed by atoms with Gasteiger partial charge in [0.2, 0.25) is 0 Å². The molecule has 32 heavy (non-hydrogen) atoms. The number of morpholine rings is 1. The highest BCUT2D eigenvalue weighted by atomic mass is 16.5. The van der Waals surface area contributed by atoms with Crippen molar-refractivity contribution in [2.24, 2.45) is 0 Å². The van der Waals surface area contributed by atoms with E-state index in [1.165, 1.54) is 47.9 Å². The molecule has 1 saturated heterocycles. The molecule has 0 aliphatic carbocycles. The lowest BCUT2D eigenvalue weighted by Crippen LogP contribution is -2.39. The standard InChI is InChI=1S/C28H42N2O2/c1-5-9-10-11-15-26(30-16-18-31-19-17-30)24-21-29-25(20-27(24)32-8-4)28-22(6-2)13-12-14-23(28)7-3/h12-14,20-21,26H,5-11,15-19H2,1-4H3. The van der Waals surface area contributed by atoms with E-state index < -0.39 is 0 Å². The van der Waals surface area contributed by atoms with Gasteiger partial charge in [-0.2, -0.15) is 0 Å². The summed E-state index contributed by atoms with van der Waals surface area (Å²) in [4.78, 5) is 7.61. The van der Waals surface area contributed by atoms with Gasteiger partial charge in [-0.25, -0.2) is 0 Å². The first-order valence-electron chi connectivity index (χ1n) is 12.8. The highest BCUT2D eigenvalue weighted by Crippen LogP contribution is 2.37. The van der Waals surface area contributed by atoms with Crippen molar-refractivity contribution in [3.63, 3.8) is 0 Å². The zero-order valence-electron chi connectivity index (χ0n) is 20.7. The van der Waals surface area contributed by atoms with E-state index in [1.54, 1.807) is 0 Å². The van der Waals surface area contributed by atoms with Gasteiger partial charge in [0.25, 0.3) is 0 Å². The summed E-state index contributed by atoms with van der Waals surface area (Å²) in [6, 6.07) is 9.17. The zero-order chi connectivity index (χ0) is 22.8. The van der Waals surface area contributed by atoms with Crippen molar-refractivity contribution in [3.05, 3.63) is 47.2 Å². The maximum Gasteiger partial charge on any atom is 0.127 e. The summed E-state index contributed by atoms with van der Waals surface area (Å²) in [5, 5.41) is 0. The van der Waals surface area contributed by atoms with Crippen LogP contribution in [-0.4, -0.2) is 42.8 Å². The van der Waals surface area contributed by atoms with Crippen LogP contribution in [0.3, 0.4) is 0 Å². The smallest absolute Gasteiger partial charge is 0.127 e. The SMILES string of the molecule is CCCCCCC(c1cnc(-c2c(CC)cccc2CC)cc1OCC)N1CCOCC1. The number of benzene rings is 1. The maximum atomic E-state index is 6.25. The third-order valence-electron chi connectivity index (χ3n) is 6.63. The molecular weight excluding hydrogens is 396 g/mol. The van der Waals surface area contributed by atoms with Gasteiger partial charge in [0.15, 0.2) is 0 Å². The van der Waals surface area contributed by atoms with Crippen LogP contribution in [0.5, 0.6) is 5.75 Å². The number of hydrogen-bond donors (Lipinski definition) is 0. The van der Waals surface area contributed by atoms with E-state index in [9.17, 15) is 0 Å². The Morgan fingerprint density at radius 1 is 1.00 bits per heavy atom. The highest BCUT2D eigenvalue weighted by molar-refractivity contribution is 5.69. The van der Waals surface area contributed by atoms with Gasteiger partial charge in [-0.3, -0.25) is 9.88 Å². The molecule has 1 atom stereocenters. The molecule has 4 nitrogen and oxygen atoms in total. The molecule has 2 aromatic rings. The molecule has 1 fully saturated rings. The van der Waals surface area contributed by atoms with Crippen LogP contribution in [0.4, 0.5) is 0 Å². The van der Waals surface area contributed by atoms with Crippen LogP contribution in [0.2, 0.25) is 0 Å². The number of aromatic nitrogens is 1. The predicted molar refractivity (Wildman–Crippen MR) is 133 cm³/mol. The topological polar surface area (TPSA) is 34.6 Å². The lowest BCUT2D eigenvalue weighted by molar-refractivity contribution is 0.0130. The maximum absolute atomic E-state index is 6.25. The van der Waals surface area contributed by atoms with Gasteiger partial charge in [0.1, 0.15) is 5.75 Å². The van der Waals surface area contributed by atoms with Crippen molar-refractivity contribution < 1.29 is 9.47 Å². The molecule has 0 N–H and O–H groups in total. The summed E-state index contributed by atoms with van der Waals surface area (Å²) in [5.74, 6) is 0.998. The van der Waals surface area contributed by atoms with E-state index in [4.69, 9.17) is 14.5 Å². The van der Waals surface area contributed by atoms with Crippen LogP contribution in [-0.2, 0) is 17.6 Å². The number of unbranched alkanes of at least 4 members (excludes halogenated alkanes) is 3. The van der Waals surface area contributed by atoms with E-state index >= 15 is 0 Å². The minimum absolute atomic E-state index is 0.339. The molecule has 2 heterocycles. The molecule has 3 rings (SSSR count). The summed E-state index contributed by atoms with van der Waals surface area (Å²) in [6.07, 6.45) is 10.4. The van der Waals surface area contributed by atoms with Gasteiger partial charge in [-0.1, -0.05) is 64.7 Å². The predicted octanol–water partition coefficient (Wildman–Crippen LogP) is 6.62. The first-order chi connectivity index (χ1) is 15.7. The summed E-state index contributed by atoms with van der Waals surface area (Å²) < 4.78 is 11.9. The molecule has 176 valence electrons. The van der Waals surface area contributed by atoms with Gasteiger partial charge < -0.3 is 9.47 Å². The Morgan fingerprint density at radius 2 is 1.72 bits per heavy atom. The van der Waals surface area contributed by atoms with Crippen molar-refractivity contribution in [1.82, 2.24) is 9.88 Å². The van der Waals surface area contributed by atoms with E-state index in [2.05, 4.69) is 63.1 Å². The number of pyridine rings is 1. The molecule has 1 aliphatic rings. The Morgan fingerprint density at radius 3 is 2.34 bits per heavy atom. The Bertz CT molecular complexity index is 808. The van der Waals surface area contributed by atoms with Gasteiger partial charge in [-0.15, -0.1) is 0 Å². The molecule has 0 bridgehead atoms. The number of nitrogens with zero attached hydrogens (tertiary/aromatic N) is 2. The molecule has 0 amide bonds. The summed E-state index contributed by atoms with van der Waals surface area (Å²) in [7, 11) is 0. The Hall–Kier alpha value is -1.91. The van der Waals surface area contributed by atoms with Crippen molar-refractivity contribution in [2.75, 3.05) is 32.9 Å². The zero-order valence-corrected chi connectivity index (χ0v) is 20.7. The number of hydrogen-bond acceptors (Lipinski definition) is 4. The molecule has 0 spiro atoms. The quantitative estimate of drug-likeness (QED) is 0.349. The molecule has 0 saturated carbocycles. The van der Waals surface area contributed by atoms with Crippen LogP contribution >= 0.6 is 0 Å². The van der Waals surface area contributed by atoms with Gasteiger partial charge in [-0.05, 0) is 37.3 Å². The fourth-order valence-corrected chi connectivity index (χ4v) is 4.87. The average molecular weight is 439 g/mol. The van der Waals surface area contributed by atoms with Crippen molar-refractivity contribution in [1.29, 1.82) is 0 Å². The molecule has 0 radical (unpaired) electrons. The molecule has 1 aliphatic heterocycles. The molecule has 1 unspecified atom stereocenters. The average Bonchev–Trinajstić information content (AvgIpc) is 2.84. The number of ether oxygens (including phenoxy) is 2. The molecule has 4 heteroatoms. The van der Waals surface area contributed by atoms with Crippen LogP contribution < -0.4 is 4.74 Å². The largest absolute Gasteiger partial charge is 0.493 e. The van der Waals surface area contributed by atoms with Gasteiger partial charge in [0, 0.05) is 42.5 Å². The third-order valence-corrected chi connectivity index (χ3v) is 6.63.